The molecule has 19 heavy (non-hydrogen) atoms. The number of amides is 1. The number of benzene rings is 1. The molecule has 1 fully saturated rings. The largest absolute Gasteiger partial charge is 0.392 e. The zero-order valence-corrected chi connectivity index (χ0v) is 11.5. The topological polar surface area (TPSA) is 40.5 Å². The van der Waals surface area contributed by atoms with Gasteiger partial charge in [-0.2, -0.15) is 0 Å². The lowest BCUT2D eigenvalue weighted by atomic mass is 9.92. The van der Waals surface area contributed by atoms with Crippen LogP contribution < -0.4 is 0 Å². The van der Waals surface area contributed by atoms with Crippen LogP contribution in [0.3, 0.4) is 0 Å². The Bertz CT molecular complexity index is 497. The predicted molar refractivity (Wildman–Crippen MR) is 73.8 cm³/mol. The second-order valence-electron chi connectivity index (χ2n) is 6.02. The van der Waals surface area contributed by atoms with E-state index in [9.17, 15) is 9.90 Å². The van der Waals surface area contributed by atoms with Crippen molar-refractivity contribution in [3.8, 4) is 0 Å². The monoisotopic (exact) mass is 259 g/mol. The molecular weight excluding hydrogens is 238 g/mol. The first kappa shape index (κ1) is 12.7. The minimum Gasteiger partial charge on any atom is -0.392 e. The molecule has 1 aromatic carbocycles. The third-order valence-corrected chi connectivity index (χ3v) is 4.53. The van der Waals surface area contributed by atoms with Crippen molar-refractivity contribution in [2.24, 2.45) is 11.8 Å². The number of nitrogens with zero attached hydrogens (tertiary/aromatic N) is 1. The van der Waals surface area contributed by atoms with Gasteiger partial charge in [-0.1, -0.05) is 24.3 Å². The van der Waals surface area contributed by atoms with E-state index in [4.69, 9.17) is 0 Å². The van der Waals surface area contributed by atoms with E-state index in [0.29, 0.717) is 18.4 Å². The van der Waals surface area contributed by atoms with E-state index in [0.717, 1.165) is 12.8 Å². The lowest BCUT2D eigenvalue weighted by Gasteiger charge is -2.19. The summed E-state index contributed by atoms with van der Waals surface area (Å²) in [5, 5.41) is 9.40. The van der Waals surface area contributed by atoms with E-state index < -0.39 is 6.10 Å². The highest BCUT2D eigenvalue weighted by Gasteiger charge is 2.57. The average molecular weight is 259 g/mol. The fraction of sp³-hybridized carbons (Fsp3) is 0.562. The summed E-state index contributed by atoms with van der Waals surface area (Å²) in [7, 11) is 1.80. The minimum absolute atomic E-state index is 0.146. The average Bonchev–Trinajstić information content (AvgIpc) is 3.11. The normalized spacial score (nSPS) is 29.1. The highest BCUT2D eigenvalue weighted by atomic mass is 16.3. The molecule has 4 unspecified atom stereocenters. The fourth-order valence-electron chi connectivity index (χ4n) is 3.64. The van der Waals surface area contributed by atoms with Crippen molar-refractivity contribution in [2.45, 2.75) is 31.8 Å². The number of hydrogen-bond donors (Lipinski definition) is 1. The second kappa shape index (κ2) is 4.64. The van der Waals surface area contributed by atoms with Crippen molar-refractivity contribution < 1.29 is 9.90 Å². The molecule has 0 heterocycles. The molecule has 1 saturated carbocycles. The Hall–Kier alpha value is -1.35. The van der Waals surface area contributed by atoms with Crippen LogP contribution in [0.25, 0.3) is 0 Å². The molecule has 4 atom stereocenters. The van der Waals surface area contributed by atoms with Gasteiger partial charge in [0.25, 0.3) is 0 Å². The number of aliphatic hydroxyl groups is 1. The van der Waals surface area contributed by atoms with Crippen LogP contribution >= 0.6 is 0 Å². The molecule has 1 amide bonds. The molecule has 0 bridgehead atoms. The van der Waals surface area contributed by atoms with Gasteiger partial charge >= 0.3 is 0 Å². The maximum absolute atomic E-state index is 12.4. The Kier molecular flexibility index (Phi) is 3.09. The molecule has 0 aliphatic heterocycles. The van der Waals surface area contributed by atoms with Crippen LogP contribution in [0, 0.1) is 11.8 Å². The van der Waals surface area contributed by atoms with Gasteiger partial charge in [0.2, 0.25) is 5.91 Å². The number of fused-ring (bicyclic) bond motifs is 3. The molecule has 3 nitrogen and oxygen atoms in total. The van der Waals surface area contributed by atoms with Crippen LogP contribution in [0.2, 0.25) is 0 Å². The first-order chi connectivity index (χ1) is 9.09. The van der Waals surface area contributed by atoms with E-state index in [1.807, 2.05) is 0 Å². The summed E-state index contributed by atoms with van der Waals surface area (Å²) >= 11 is 0. The van der Waals surface area contributed by atoms with E-state index in [2.05, 4.69) is 24.3 Å². The van der Waals surface area contributed by atoms with Crippen LogP contribution in [0.4, 0.5) is 0 Å². The maximum Gasteiger partial charge on any atom is 0.226 e. The highest BCUT2D eigenvalue weighted by molar-refractivity contribution is 5.84. The first-order valence-corrected chi connectivity index (χ1v) is 7.10. The molecule has 0 aromatic heterocycles. The summed E-state index contributed by atoms with van der Waals surface area (Å²) in [5.41, 5.74) is 2.79. The number of aryl methyl sites for hydroxylation is 1. The molecule has 0 saturated heterocycles. The number of carbonyl (C=O) groups excluding carboxylic acids is 1. The molecule has 3 heteroatoms. The Morgan fingerprint density at radius 1 is 1.47 bits per heavy atom. The molecule has 2 aliphatic carbocycles. The lowest BCUT2D eigenvalue weighted by Crippen LogP contribution is -2.34. The molecule has 102 valence electrons. The van der Waals surface area contributed by atoms with Gasteiger partial charge in [-0.25, -0.2) is 0 Å². The van der Waals surface area contributed by atoms with Gasteiger partial charge in [-0.3, -0.25) is 4.79 Å². The predicted octanol–water partition coefficient (Wildman–Crippen LogP) is 1.80. The van der Waals surface area contributed by atoms with E-state index in [-0.39, 0.29) is 11.8 Å². The molecule has 1 aromatic rings. The Balaban J connectivity index is 1.75. The number of aliphatic hydroxyl groups excluding tert-OH is 1. The minimum atomic E-state index is -0.456. The van der Waals surface area contributed by atoms with Crippen molar-refractivity contribution in [1.29, 1.82) is 0 Å². The van der Waals surface area contributed by atoms with Gasteiger partial charge in [0.1, 0.15) is 0 Å². The summed E-state index contributed by atoms with van der Waals surface area (Å²) in [4.78, 5) is 14.1. The van der Waals surface area contributed by atoms with Crippen molar-refractivity contribution >= 4 is 5.91 Å². The number of rotatable bonds is 3. The maximum atomic E-state index is 12.4. The first-order valence-electron chi connectivity index (χ1n) is 7.10. The second-order valence-corrected chi connectivity index (χ2v) is 6.02. The molecular formula is C16H21NO2. The zero-order chi connectivity index (χ0) is 13.6. The van der Waals surface area contributed by atoms with E-state index in [1.54, 1.807) is 18.9 Å². The third kappa shape index (κ3) is 2.16. The number of likely N-dealkylation sites (N-methyl/N-ethyl adjacent to an activating group) is 1. The van der Waals surface area contributed by atoms with E-state index >= 15 is 0 Å². The molecule has 1 N–H and O–H groups in total. The Labute approximate surface area is 114 Å². The van der Waals surface area contributed by atoms with Gasteiger partial charge < -0.3 is 10.0 Å². The zero-order valence-electron chi connectivity index (χ0n) is 11.5. The van der Waals surface area contributed by atoms with Gasteiger partial charge in [0, 0.05) is 19.5 Å². The molecule has 2 aliphatic rings. The van der Waals surface area contributed by atoms with Crippen LogP contribution in [-0.4, -0.2) is 35.6 Å². The van der Waals surface area contributed by atoms with Gasteiger partial charge in [-0.05, 0) is 42.7 Å². The molecule has 0 radical (unpaired) electrons. The standard InChI is InChI=1S/C16H21NO2/c1-10(18)9-17(2)16(19)15-13-8-7-11-5-3-4-6-12(11)14(13)15/h3-6,10,13-15,18H,7-9H2,1-2H3. The van der Waals surface area contributed by atoms with Crippen LogP contribution in [0.1, 0.15) is 30.4 Å². The van der Waals surface area contributed by atoms with Crippen molar-refractivity contribution in [3.63, 3.8) is 0 Å². The highest BCUT2D eigenvalue weighted by Crippen LogP contribution is 2.60. The van der Waals surface area contributed by atoms with E-state index in [1.165, 1.54) is 11.1 Å². The Morgan fingerprint density at radius 3 is 2.95 bits per heavy atom. The van der Waals surface area contributed by atoms with Gasteiger partial charge in [0.05, 0.1) is 6.10 Å². The van der Waals surface area contributed by atoms with Gasteiger partial charge in [0.15, 0.2) is 0 Å². The molecule has 3 rings (SSSR count). The summed E-state index contributed by atoms with van der Waals surface area (Å²) in [6.45, 7) is 2.15. The van der Waals surface area contributed by atoms with Crippen LogP contribution in [0.5, 0.6) is 0 Å². The summed E-state index contributed by atoms with van der Waals surface area (Å²) in [6.07, 6.45) is 1.77. The van der Waals surface area contributed by atoms with Crippen molar-refractivity contribution in [3.05, 3.63) is 35.4 Å². The smallest absolute Gasteiger partial charge is 0.226 e. The molecule has 0 spiro atoms. The Morgan fingerprint density at radius 2 is 2.21 bits per heavy atom. The third-order valence-electron chi connectivity index (χ3n) is 4.53. The summed E-state index contributed by atoms with van der Waals surface area (Å²) < 4.78 is 0. The van der Waals surface area contributed by atoms with Crippen molar-refractivity contribution in [1.82, 2.24) is 4.90 Å². The fourth-order valence-corrected chi connectivity index (χ4v) is 3.64. The summed E-state index contributed by atoms with van der Waals surface area (Å²) in [5.74, 6) is 1.30. The van der Waals surface area contributed by atoms with Crippen LogP contribution in [-0.2, 0) is 11.2 Å². The van der Waals surface area contributed by atoms with Crippen molar-refractivity contribution in [2.75, 3.05) is 13.6 Å². The number of hydrogen-bond acceptors (Lipinski definition) is 2. The summed E-state index contributed by atoms with van der Waals surface area (Å²) in [6, 6.07) is 8.51. The lowest BCUT2D eigenvalue weighted by molar-refractivity contribution is -0.132. The number of carbonyl (C=O) groups is 1. The SMILES string of the molecule is CC(O)CN(C)C(=O)C1C2CCc3ccccc3C21. The quantitative estimate of drug-likeness (QED) is 0.899. The van der Waals surface area contributed by atoms with Crippen LogP contribution in [0.15, 0.2) is 24.3 Å². The van der Waals surface area contributed by atoms with Gasteiger partial charge in [-0.15, -0.1) is 0 Å².